The van der Waals surface area contributed by atoms with Crippen molar-refractivity contribution in [3.63, 3.8) is 0 Å². The summed E-state index contributed by atoms with van der Waals surface area (Å²) in [6.45, 7) is 0.411. The molecule has 154 valence electrons. The number of ketones is 1. The van der Waals surface area contributed by atoms with Gasteiger partial charge in [-0.3, -0.25) is 14.4 Å². The molecule has 30 heavy (non-hydrogen) atoms. The van der Waals surface area contributed by atoms with Crippen molar-refractivity contribution in [3.8, 4) is 0 Å². The van der Waals surface area contributed by atoms with Gasteiger partial charge in [-0.2, -0.15) is 0 Å². The SMILES string of the molecule is O=C(CN1COC2(C(=O)Cc3ccccc32)C1=O)N(Cc1ccccc1)C1CCC1. The molecular formula is C24H24N2O4. The van der Waals surface area contributed by atoms with E-state index >= 15 is 0 Å². The zero-order valence-electron chi connectivity index (χ0n) is 16.8. The summed E-state index contributed by atoms with van der Waals surface area (Å²) in [5.74, 6) is -0.765. The van der Waals surface area contributed by atoms with Crippen LogP contribution in [0.5, 0.6) is 0 Å². The predicted molar refractivity (Wildman–Crippen MR) is 109 cm³/mol. The molecule has 1 heterocycles. The van der Waals surface area contributed by atoms with Gasteiger partial charge in [0.1, 0.15) is 13.3 Å². The van der Waals surface area contributed by atoms with Crippen molar-refractivity contribution in [2.45, 2.75) is 43.9 Å². The molecule has 1 saturated heterocycles. The van der Waals surface area contributed by atoms with E-state index in [9.17, 15) is 14.4 Å². The van der Waals surface area contributed by atoms with Crippen LogP contribution in [0.4, 0.5) is 0 Å². The lowest BCUT2D eigenvalue weighted by atomic mass is 9.91. The lowest BCUT2D eigenvalue weighted by molar-refractivity contribution is -0.150. The van der Waals surface area contributed by atoms with Crippen LogP contribution in [0.3, 0.4) is 0 Å². The van der Waals surface area contributed by atoms with E-state index in [2.05, 4.69) is 0 Å². The molecular weight excluding hydrogens is 380 g/mol. The van der Waals surface area contributed by atoms with Crippen molar-refractivity contribution in [2.75, 3.05) is 13.3 Å². The maximum atomic E-state index is 13.3. The summed E-state index contributed by atoms with van der Waals surface area (Å²) < 4.78 is 5.82. The van der Waals surface area contributed by atoms with Crippen LogP contribution in [0.2, 0.25) is 0 Å². The molecule has 3 aliphatic rings. The van der Waals surface area contributed by atoms with Gasteiger partial charge in [-0.1, -0.05) is 54.6 Å². The Morgan fingerprint density at radius 2 is 1.80 bits per heavy atom. The fourth-order valence-corrected chi connectivity index (χ4v) is 4.65. The van der Waals surface area contributed by atoms with E-state index in [0.29, 0.717) is 12.1 Å². The van der Waals surface area contributed by atoms with Crippen LogP contribution in [0.1, 0.15) is 36.0 Å². The second-order valence-electron chi connectivity index (χ2n) is 8.31. The van der Waals surface area contributed by atoms with Gasteiger partial charge in [-0.25, -0.2) is 0 Å². The van der Waals surface area contributed by atoms with E-state index in [-0.39, 0.29) is 37.4 Å². The molecule has 2 aliphatic carbocycles. The number of nitrogens with zero attached hydrogens (tertiary/aromatic N) is 2. The molecule has 6 nitrogen and oxygen atoms in total. The standard InChI is InChI=1S/C24H24N2O4/c27-21-13-18-9-4-5-12-20(18)24(21)23(29)25(16-30-24)15-22(28)26(19-10-6-11-19)14-17-7-2-1-3-8-17/h1-5,7-9,12,19H,6,10-11,13-16H2. The van der Waals surface area contributed by atoms with Gasteiger partial charge in [0.05, 0.1) is 0 Å². The van der Waals surface area contributed by atoms with Crippen LogP contribution in [0.25, 0.3) is 0 Å². The van der Waals surface area contributed by atoms with Crippen molar-refractivity contribution in [3.05, 3.63) is 71.3 Å². The van der Waals surface area contributed by atoms with E-state index in [1.807, 2.05) is 53.4 Å². The third-order valence-corrected chi connectivity index (χ3v) is 6.52. The summed E-state index contributed by atoms with van der Waals surface area (Å²) in [6, 6.07) is 17.4. The van der Waals surface area contributed by atoms with Gasteiger partial charge in [0.2, 0.25) is 11.5 Å². The maximum Gasteiger partial charge on any atom is 0.269 e. The van der Waals surface area contributed by atoms with Crippen LogP contribution < -0.4 is 0 Å². The molecule has 1 spiro atoms. The molecule has 2 aromatic carbocycles. The predicted octanol–water partition coefficient (Wildman–Crippen LogP) is 2.40. The Morgan fingerprint density at radius 1 is 1.07 bits per heavy atom. The highest BCUT2D eigenvalue weighted by Gasteiger charge is 2.59. The highest BCUT2D eigenvalue weighted by atomic mass is 16.5. The molecule has 0 N–H and O–H groups in total. The van der Waals surface area contributed by atoms with Crippen molar-refractivity contribution in [1.82, 2.24) is 9.80 Å². The monoisotopic (exact) mass is 404 g/mol. The van der Waals surface area contributed by atoms with Crippen LogP contribution in [0, 0.1) is 0 Å². The number of hydrogen-bond donors (Lipinski definition) is 0. The van der Waals surface area contributed by atoms with Crippen LogP contribution in [0.15, 0.2) is 54.6 Å². The highest BCUT2D eigenvalue weighted by Crippen LogP contribution is 2.42. The number of amides is 2. The van der Waals surface area contributed by atoms with E-state index in [1.165, 1.54) is 4.90 Å². The fourth-order valence-electron chi connectivity index (χ4n) is 4.65. The molecule has 0 bridgehead atoms. The average molecular weight is 404 g/mol. The summed E-state index contributed by atoms with van der Waals surface area (Å²) in [5.41, 5.74) is 0.940. The zero-order chi connectivity index (χ0) is 20.7. The Labute approximate surface area is 175 Å². The molecule has 5 rings (SSSR count). The van der Waals surface area contributed by atoms with Crippen molar-refractivity contribution in [2.24, 2.45) is 0 Å². The summed E-state index contributed by atoms with van der Waals surface area (Å²) >= 11 is 0. The summed E-state index contributed by atoms with van der Waals surface area (Å²) in [4.78, 5) is 42.5. The topological polar surface area (TPSA) is 66.9 Å². The van der Waals surface area contributed by atoms with Gasteiger partial charge in [-0.05, 0) is 30.4 Å². The molecule has 0 radical (unpaired) electrons. The maximum absolute atomic E-state index is 13.3. The first-order valence-electron chi connectivity index (χ1n) is 10.5. The number of fused-ring (bicyclic) bond motifs is 2. The molecule has 2 aromatic rings. The number of carbonyl (C=O) groups is 3. The second-order valence-corrected chi connectivity index (χ2v) is 8.31. The molecule has 0 aromatic heterocycles. The summed E-state index contributed by atoms with van der Waals surface area (Å²) in [6.07, 6.45) is 3.27. The minimum Gasteiger partial charge on any atom is -0.334 e. The normalized spacial score (nSPS) is 23.0. The van der Waals surface area contributed by atoms with E-state index in [1.54, 1.807) is 6.07 Å². The number of rotatable bonds is 5. The number of hydrogen-bond acceptors (Lipinski definition) is 4. The van der Waals surface area contributed by atoms with Gasteiger partial charge in [0.25, 0.3) is 5.91 Å². The third kappa shape index (κ3) is 2.94. The molecule has 1 atom stereocenters. The number of Topliss-reactive ketones (excluding diaryl/α,β-unsaturated/α-hetero) is 1. The van der Waals surface area contributed by atoms with Crippen LogP contribution in [-0.4, -0.2) is 46.7 Å². The number of benzene rings is 2. The molecule has 6 heteroatoms. The zero-order valence-corrected chi connectivity index (χ0v) is 16.8. The first-order chi connectivity index (χ1) is 14.6. The van der Waals surface area contributed by atoms with Gasteiger partial charge in [0, 0.05) is 24.6 Å². The molecule has 2 amide bonds. The lowest BCUT2D eigenvalue weighted by Crippen LogP contribution is -2.49. The smallest absolute Gasteiger partial charge is 0.269 e. The number of carbonyl (C=O) groups excluding carboxylic acids is 3. The van der Waals surface area contributed by atoms with Crippen molar-refractivity contribution in [1.29, 1.82) is 0 Å². The van der Waals surface area contributed by atoms with E-state index in [0.717, 1.165) is 30.4 Å². The molecule has 2 fully saturated rings. The van der Waals surface area contributed by atoms with Gasteiger partial charge < -0.3 is 14.5 Å². The molecule has 1 unspecified atom stereocenters. The van der Waals surface area contributed by atoms with Crippen molar-refractivity contribution >= 4 is 17.6 Å². The fraction of sp³-hybridized carbons (Fsp3) is 0.375. The Bertz CT molecular complexity index is 1000. The lowest BCUT2D eigenvalue weighted by Gasteiger charge is -2.38. The first-order valence-corrected chi connectivity index (χ1v) is 10.5. The van der Waals surface area contributed by atoms with Gasteiger partial charge in [0.15, 0.2) is 5.78 Å². The Morgan fingerprint density at radius 3 is 2.53 bits per heavy atom. The van der Waals surface area contributed by atoms with Crippen LogP contribution in [-0.2, 0) is 37.7 Å². The van der Waals surface area contributed by atoms with Gasteiger partial charge >= 0.3 is 0 Å². The Hall–Kier alpha value is -2.99. The third-order valence-electron chi connectivity index (χ3n) is 6.52. The minimum absolute atomic E-state index is 0.0471. The first kappa shape index (κ1) is 19.0. The Balaban J connectivity index is 1.35. The van der Waals surface area contributed by atoms with E-state index < -0.39 is 11.5 Å². The summed E-state index contributed by atoms with van der Waals surface area (Å²) in [5, 5.41) is 0. The van der Waals surface area contributed by atoms with Gasteiger partial charge in [-0.15, -0.1) is 0 Å². The highest BCUT2D eigenvalue weighted by molar-refractivity contribution is 6.15. The van der Waals surface area contributed by atoms with Crippen molar-refractivity contribution < 1.29 is 19.1 Å². The second kappa shape index (κ2) is 7.36. The number of ether oxygens (including phenoxy) is 1. The van der Waals surface area contributed by atoms with E-state index in [4.69, 9.17) is 4.74 Å². The van der Waals surface area contributed by atoms with Crippen LogP contribution >= 0.6 is 0 Å². The Kier molecular flexibility index (Phi) is 4.66. The molecule has 1 saturated carbocycles. The minimum atomic E-state index is -1.57. The molecule has 1 aliphatic heterocycles. The largest absolute Gasteiger partial charge is 0.334 e. The average Bonchev–Trinajstić information content (AvgIpc) is 3.19. The quantitative estimate of drug-likeness (QED) is 0.718. The summed E-state index contributed by atoms with van der Waals surface area (Å²) in [7, 11) is 0.